The first-order valence-electron chi connectivity index (χ1n) is 8.93. The molecule has 0 amide bonds. The van der Waals surface area contributed by atoms with Gasteiger partial charge in [0.15, 0.2) is 5.41 Å². The van der Waals surface area contributed by atoms with E-state index in [1.54, 1.807) is 0 Å². The molecule has 0 spiro atoms. The summed E-state index contributed by atoms with van der Waals surface area (Å²) >= 11 is 0. The minimum absolute atomic E-state index is 0.0723. The second kappa shape index (κ2) is 6.36. The lowest BCUT2D eigenvalue weighted by Crippen LogP contribution is -2.43. The van der Waals surface area contributed by atoms with Crippen molar-refractivity contribution in [2.45, 2.75) is 52.5 Å². The number of aryl methyl sites for hydroxylation is 2. The average molecular weight is 346 g/mol. The number of fused-ring (bicyclic) bond motifs is 1. The molecule has 1 heterocycles. The third kappa shape index (κ3) is 2.18. The molecule has 0 fully saturated rings. The zero-order chi connectivity index (χ0) is 19.1. The van der Waals surface area contributed by atoms with Gasteiger partial charge in [-0.05, 0) is 51.5 Å². The molecule has 0 aliphatic heterocycles. The molecule has 132 valence electrons. The monoisotopic (exact) mass is 346 g/mol. The summed E-state index contributed by atoms with van der Waals surface area (Å²) in [4.78, 5) is 0. The fourth-order valence-corrected chi connectivity index (χ4v) is 4.65. The predicted octanol–water partition coefficient (Wildman–Crippen LogP) is 3.11. The lowest BCUT2D eigenvalue weighted by molar-refractivity contribution is 0.315. The van der Waals surface area contributed by atoms with Crippen LogP contribution in [0.3, 0.4) is 0 Å². The zero-order valence-corrected chi connectivity index (χ0v) is 15.4. The van der Waals surface area contributed by atoms with E-state index in [-0.39, 0.29) is 11.6 Å². The molecule has 0 bridgehead atoms. The maximum Gasteiger partial charge on any atom is 0.191 e. The molecule has 26 heavy (non-hydrogen) atoms. The Hall–Kier alpha value is -3.04. The molecular formula is C20H22N6. The topological polar surface area (TPSA) is 115 Å². The number of hydrogen-bond donors (Lipinski definition) is 1. The van der Waals surface area contributed by atoms with Crippen LogP contribution in [-0.4, -0.2) is 9.78 Å². The molecule has 2 aliphatic carbocycles. The first-order valence-corrected chi connectivity index (χ1v) is 8.93. The maximum atomic E-state index is 10.1. The van der Waals surface area contributed by atoms with Crippen LogP contribution >= 0.6 is 0 Å². The Labute approximate surface area is 153 Å². The van der Waals surface area contributed by atoms with Crippen LogP contribution in [0.25, 0.3) is 0 Å². The van der Waals surface area contributed by atoms with Gasteiger partial charge in [0.25, 0.3) is 0 Å². The Morgan fingerprint density at radius 2 is 2.00 bits per heavy atom. The van der Waals surface area contributed by atoms with Crippen molar-refractivity contribution >= 4 is 0 Å². The number of aromatic nitrogens is 2. The van der Waals surface area contributed by atoms with Crippen molar-refractivity contribution in [1.82, 2.24) is 9.78 Å². The summed E-state index contributed by atoms with van der Waals surface area (Å²) in [6.07, 6.45) is 4.74. The summed E-state index contributed by atoms with van der Waals surface area (Å²) in [6, 6.07) is 6.53. The summed E-state index contributed by atoms with van der Waals surface area (Å²) in [6.45, 7) is 6.62. The number of nitriles is 3. The van der Waals surface area contributed by atoms with E-state index >= 15 is 0 Å². The van der Waals surface area contributed by atoms with Crippen molar-refractivity contribution in [2.75, 3.05) is 0 Å². The van der Waals surface area contributed by atoms with Gasteiger partial charge in [-0.1, -0.05) is 6.08 Å². The van der Waals surface area contributed by atoms with E-state index in [2.05, 4.69) is 29.4 Å². The van der Waals surface area contributed by atoms with Gasteiger partial charge in [0.05, 0.1) is 29.1 Å². The Morgan fingerprint density at radius 3 is 2.54 bits per heavy atom. The second-order valence-electron chi connectivity index (χ2n) is 7.01. The third-order valence-electron chi connectivity index (χ3n) is 5.85. The number of allylic oxidation sites excluding steroid dienone is 4. The summed E-state index contributed by atoms with van der Waals surface area (Å²) in [7, 11) is 0. The van der Waals surface area contributed by atoms with Gasteiger partial charge < -0.3 is 5.73 Å². The van der Waals surface area contributed by atoms with E-state index in [9.17, 15) is 15.8 Å². The lowest BCUT2D eigenvalue weighted by Gasteiger charge is -2.43. The first kappa shape index (κ1) is 17.8. The Balaban J connectivity index is 2.39. The van der Waals surface area contributed by atoms with Gasteiger partial charge >= 0.3 is 0 Å². The molecule has 1 aromatic rings. The third-order valence-corrected chi connectivity index (χ3v) is 5.85. The van der Waals surface area contributed by atoms with Crippen molar-refractivity contribution in [3.63, 3.8) is 0 Å². The Kier molecular flexibility index (Phi) is 4.34. The maximum absolute atomic E-state index is 10.1. The molecule has 0 unspecified atom stereocenters. The van der Waals surface area contributed by atoms with Crippen LogP contribution in [0.4, 0.5) is 0 Å². The molecule has 3 rings (SSSR count). The van der Waals surface area contributed by atoms with Gasteiger partial charge in [-0.15, -0.1) is 0 Å². The smallest absolute Gasteiger partial charge is 0.191 e. The molecule has 2 N–H and O–H groups in total. The van der Waals surface area contributed by atoms with E-state index < -0.39 is 11.3 Å². The van der Waals surface area contributed by atoms with E-state index in [1.807, 2.05) is 25.5 Å². The van der Waals surface area contributed by atoms with Crippen LogP contribution in [0.5, 0.6) is 0 Å². The van der Waals surface area contributed by atoms with Crippen molar-refractivity contribution in [1.29, 1.82) is 15.8 Å². The Bertz CT molecular complexity index is 927. The first-order chi connectivity index (χ1) is 12.5. The van der Waals surface area contributed by atoms with Gasteiger partial charge in [-0.2, -0.15) is 20.9 Å². The average Bonchev–Trinajstić information content (AvgIpc) is 2.94. The number of hydrogen-bond acceptors (Lipinski definition) is 5. The van der Waals surface area contributed by atoms with Crippen LogP contribution in [0.15, 0.2) is 22.9 Å². The summed E-state index contributed by atoms with van der Waals surface area (Å²) in [5.74, 6) is -0.488. The van der Waals surface area contributed by atoms with Crippen molar-refractivity contribution in [3.8, 4) is 18.2 Å². The minimum Gasteiger partial charge on any atom is -0.399 e. The normalized spacial score (nSPS) is 24.1. The summed E-state index contributed by atoms with van der Waals surface area (Å²) < 4.78 is 1.90. The van der Waals surface area contributed by atoms with Crippen LogP contribution in [0, 0.1) is 59.2 Å². The lowest BCUT2D eigenvalue weighted by atomic mass is 9.56. The highest BCUT2D eigenvalue weighted by Crippen LogP contribution is 2.56. The summed E-state index contributed by atoms with van der Waals surface area (Å²) in [5, 5.41) is 34.4. The standard InChI is InChI=1S/C20H22N6/c1-4-26-13(3)17(12(2)25-26)18-15-8-6-5-7-14(15)16(9-21)19(24)20(18,10-22)11-23/h7,15,18H,4-6,8,24H2,1-3H3/t15-,18-/m0/s1. The van der Waals surface area contributed by atoms with Crippen molar-refractivity contribution in [3.05, 3.63) is 39.9 Å². The molecule has 0 radical (unpaired) electrons. The van der Waals surface area contributed by atoms with Crippen LogP contribution < -0.4 is 5.73 Å². The van der Waals surface area contributed by atoms with E-state index in [0.717, 1.165) is 41.8 Å². The van der Waals surface area contributed by atoms with Crippen molar-refractivity contribution in [2.24, 2.45) is 17.1 Å². The van der Waals surface area contributed by atoms with Crippen LogP contribution in [0.2, 0.25) is 0 Å². The molecule has 6 nitrogen and oxygen atoms in total. The fourth-order valence-electron chi connectivity index (χ4n) is 4.65. The Morgan fingerprint density at radius 1 is 1.31 bits per heavy atom. The highest BCUT2D eigenvalue weighted by molar-refractivity contribution is 5.59. The molecule has 0 saturated heterocycles. The van der Waals surface area contributed by atoms with Crippen LogP contribution in [-0.2, 0) is 6.54 Å². The number of nitrogens with zero attached hydrogens (tertiary/aromatic N) is 5. The highest BCUT2D eigenvalue weighted by Gasteiger charge is 2.55. The summed E-state index contributed by atoms with van der Waals surface area (Å²) in [5.41, 5.74) is 8.75. The van der Waals surface area contributed by atoms with Gasteiger partial charge in [-0.3, -0.25) is 4.68 Å². The minimum atomic E-state index is -1.55. The molecule has 1 aromatic heterocycles. The molecule has 0 saturated carbocycles. The molecule has 6 heteroatoms. The second-order valence-corrected chi connectivity index (χ2v) is 7.01. The zero-order valence-electron chi connectivity index (χ0n) is 15.4. The van der Waals surface area contributed by atoms with E-state index in [1.165, 1.54) is 0 Å². The predicted molar refractivity (Wildman–Crippen MR) is 96.0 cm³/mol. The molecule has 0 aromatic carbocycles. The van der Waals surface area contributed by atoms with Crippen LogP contribution in [0.1, 0.15) is 49.1 Å². The highest BCUT2D eigenvalue weighted by atomic mass is 15.3. The van der Waals surface area contributed by atoms with E-state index in [0.29, 0.717) is 12.1 Å². The van der Waals surface area contributed by atoms with Gasteiger partial charge in [0.1, 0.15) is 6.07 Å². The molecule has 2 aliphatic rings. The number of rotatable bonds is 2. The van der Waals surface area contributed by atoms with Gasteiger partial charge in [0.2, 0.25) is 0 Å². The molecular weight excluding hydrogens is 324 g/mol. The largest absolute Gasteiger partial charge is 0.399 e. The molecule has 2 atom stereocenters. The van der Waals surface area contributed by atoms with Gasteiger partial charge in [0, 0.05) is 23.7 Å². The number of nitrogens with two attached hydrogens (primary N) is 1. The van der Waals surface area contributed by atoms with Gasteiger partial charge in [-0.25, -0.2) is 0 Å². The SMILES string of the molecule is CCn1nc(C)c([C@@H]2[C@H]3CCCC=C3C(C#N)=C(N)C2(C#N)C#N)c1C. The van der Waals surface area contributed by atoms with E-state index in [4.69, 9.17) is 5.73 Å². The van der Waals surface area contributed by atoms with Crippen molar-refractivity contribution < 1.29 is 0 Å². The fraction of sp³-hybridized carbons (Fsp3) is 0.500. The quantitative estimate of drug-likeness (QED) is 0.883.